The SMILES string of the molecule is O=C(CC(=O)N1CCN(Cc2cccc(C(F)(F)F)c2)CC1)OC12CC3CC(CC(C3)C1)C2. The number of amides is 1. The van der Waals surface area contributed by atoms with E-state index in [9.17, 15) is 22.8 Å². The molecular weight excluding hydrogens is 433 g/mol. The molecule has 0 radical (unpaired) electrons. The van der Waals surface area contributed by atoms with Crippen molar-refractivity contribution in [2.24, 2.45) is 17.8 Å². The summed E-state index contributed by atoms with van der Waals surface area (Å²) in [5, 5.41) is 0. The zero-order valence-corrected chi connectivity index (χ0v) is 18.8. The maximum absolute atomic E-state index is 12.9. The van der Waals surface area contributed by atoms with Gasteiger partial charge in [-0.25, -0.2) is 0 Å². The van der Waals surface area contributed by atoms with Gasteiger partial charge in [-0.1, -0.05) is 18.2 Å². The molecule has 4 bridgehead atoms. The van der Waals surface area contributed by atoms with Gasteiger partial charge in [0.05, 0.1) is 5.56 Å². The van der Waals surface area contributed by atoms with Gasteiger partial charge in [0.1, 0.15) is 12.0 Å². The Kier molecular flexibility index (Phi) is 5.91. The monoisotopic (exact) mass is 464 g/mol. The van der Waals surface area contributed by atoms with Crippen LogP contribution >= 0.6 is 0 Å². The molecular formula is C25H31F3N2O3. The van der Waals surface area contributed by atoms with Crippen LogP contribution < -0.4 is 0 Å². The molecule has 1 saturated heterocycles. The van der Waals surface area contributed by atoms with Gasteiger partial charge in [-0.05, 0) is 67.9 Å². The van der Waals surface area contributed by atoms with E-state index in [0.717, 1.165) is 25.3 Å². The van der Waals surface area contributed by atoms with Gasteiger partial charge in [-0.2, -0.15) is 13.2 Å². The van der Waals surface area contributed by atoms with E-state index >= 15 is 0 Å². The van der Waals surface area contributed by atoms with Crippen molar-refractivity contribution in [1.82, 2.24) is 9.80 Å². The van der Waals surface area contributed by atoms with Gasteiger partial charge >= 0.3 is 12.1 Å². The van der Waals surface area contributed by atoms with Crippen LogP contribution in [0.3, 0.4) is 0 Å². The molecule has 180 valence electrons. The first-order valence-electron chi connectivity index (χ1n) is 12.1. The van der Waals surface area contributed by atoms with Crippen LogP contribution in [-0.2, 0) is 27.0 Å². The van der Waals surface area contributed by atoms with Crippen molar-refractivity contribution in [3.8, 4) is 0 Å². The van der Waals surface area contributed by atoms with Crippen molar-refractivity contribution in [2.75, 3.05) is 26.2 Å². The van der Waals surface area contributed by atoms with E-state index in [1.54, 1.807) is 11.0 Å². The molecule has 4 saturated carbocycles. The first-order valence-corrected chi connectivity index (χ1v) is 12.1. The highest BCUT2D eigenvalue weighted by atomic mass is 19.4. The predicted molar refractivity (Wildman–Crippen MR) is 115 cm³/mol. The number of ether oxygens (including phenoxy) is 1. The number of rotatable bonds is 5. The van der Waals surface area contributed by atoms with Crippen molar-refractivity contribution in [3.05, 3.63) is 35.4 Å². The number of carbonyl (C=O) groups excluding carboxylic acids is 2. The Labute approximate surface area is 192 Å². The first-order chi connectivity index (χ1) is 15.7. The van der Waals surface area contributed by atoms with Crippen LogP contribution in [0, 0.1) is 17.8 Å². The summed E-state index contributed by atoms with van der Waals surface area (Å²) >= 11 is 0. The molecule has 1 amide bonds. The fourth-order valence-corrected chi connectivity index (χ4v) is 6.93. The molecule has 0 spiro atoms. The minimum Gasteiger partial charge on any atom is -0.459 e. The van der Waals surface area contributed by atoms with Gasteiger partial charge in [-0.15, -0.1) is 0 Å². The van der Waals surface area contributed by atoms with E-state index in [0.29, 0.717) is 56.0 Å². The van der Waals surface area contributed by atoms with E-state index < -0.39 is 17.7 Å². The summed E-state index contributed by atoms with van der Waals surface area (Å²) in [6.07, 6.45) is 2.07. The largest absolute Gasteiger partial charge is 0.459 e. The van der Waals surface area contributed by atoms with E-state index in [1.807, 2.05) is 4.90 Å². The number of benzene rings is 1. The third-order valence-corrected chi connectivity index (χ3v) is 7.99. The molecule has 0 aromatic heterocycles. The smallest absolute Gasteiger partial charge is 0.416 e. The number of piperazine rings is 1. The van der Waals surface area contributed by atoms with Crippen LogP contribution in [-0.4, -0.2) is 53.5 Å². The van der Waals surface area contributed by atoms with Gasteiger partial charge in [0.25, 0.3) is 0 Å². The third kappa shape index (κ3) is 5.05. The molecule has 5 fully saturated rings. The maximum Gasteiger partial charge on any atom is 0.416 e. The second-order valence-electron chi connectivity index (χ2n) is 10.6. The number of alkyl halides is 3. The quantitative estimate of drug-likeness (QED) is 0.483. The molecule has 1 aromatic rings. The third-order valence-electron chi connectivity index (χ3n) is 7.99. The normalized spacial score (nSPS) is 31.6. The summed E-state index contributed by atoms with van der Waals surface area (Å²) in [4.78, 5) is 29.0. The molecule has 0 atom stereocenters. The van der Waals surface area contributed by atoms with Crippen molar-refractivity contribution in [2.45, 2.75) is 63.3 Å². The molecule has 1 heterocycles. The second kappa shape index (κ2) is 8.60. The fraction of sp³-hybridized carbons (Fsp3) is 0.680. The van der Waals surface area contributed by atoms with Gasteiger partial charge in [0.2, 0.25) is 5.91 Å². The lowest BCUT2D eigenvalue weighted by molar-refractivity contribution is -0.187. The van der Waals surface area contributed by atoms with Crippen molar-refractivity contribution in [1.29, 1.82) is 0 Å². The molecule has 5 nitrogen and oxygen atoms in total. The van der Waals surface area contributed by atoms with E-state index in [2.05, 4.69) is 0 Å². The molecule has 0 unspecified atom stereocenters. The molecule has 0 N–H and O–H groups in total. The second-order valence-corrected chi connectivity index (χ2v) is 10.6. The number of hydrogen-bond acceptors (Lipinski definition) is 4. The lowest BCUT2D eigenvalue weighted by Gasteiger charge is -2.55. The summed E-state index contributed by atoms with van der Waals surface area (Å²) in [5.41, 5.74) is -0.384. The van der Waals surface area contributed by atoms with Crippen LogP contribution in [0.2, 0.25) is 0 Å². The van der Waals surface area contributed by atoms with Crippen molar-refractivity contribution in [3.63, 3.8) is 0 Å². The van der Waals surface area contributed by atoms with Crippen LogP contribution in [0.25, 0.3) is 0 Å². The number of halogens is 3. The minimum absolute atomic E-state index is 0.219. The molecule has 8 heteroatoms. The van der Waals surface area contributed by atoms with Gasteiger partial charge in [-0.3, -0.25) is 14.5 Å². The standard InChI is InChI=1S/C25H31F3N2O3/c26-25(27,28)21-3-1-2-17(11-21)16-29-4-6-30(7-5-29)22(31)12-23(32)33-24-13-18-8-19(14-24)10-20(9-18)15-24/h1-3,11,18-20H,4-10,12-16H2. The number of nitrogens with zero attached hydrogens (tertiary/aromatic N) is 2. The topological polar surface area (TPSA) is 49.9 Å². The maximum atomic E-state index is 12.9. The van der Waals surface area contributed by atoms with Crippen molar-refractivity contribution >= 4 is 11.9 Å². The molecule has 33 heavy (non-hydrogen) atoms. The highest BCUT2D eigenvalue weighted by molar-refractivity contribution is 5.94. The Balaban J connectivity index is 1.09. The zero-order valence-electron chi connectivity index (χ0n) is 18.8. The van der Waals surface area contributed by atoms with Gasteiger partial charge < -0.3 is 9.64 Å². The van der Waals surface area contributed by atoms with E-state index in [1.165, 1.54) is 31.4 Å². The van der Waals surface area contributed by atoms with Crippen LogP contribution in [0.15, 0.2) is 24.3 Å². The van der Waals surface area contributed by atoms with Gasteiger partial charge in [0, 0.05) is 32.7 Å². The number of hydrogen-bond donors (Lipinski definition) is 0. The van der Waals surface area contributed by atoms with Crippen LogP contribution in [0.1, 0.15) is 56.1 Å². The first kappa shape index (κ1) is 22.7. The minimum atomic E-state index is -4.36. The Bertz CT molecular complexity index is 873. The summed E-state index contributed by atoms with van der Waals surface area (Å²) < 4.78 is 44.8. The zero-order chi connectivity index (χ0) is 23.2. The predicted octanol–water partition coefficient (Wildman–Crippen LogP) is 4.25. The van der Waals surface area contributed by atoms with Crippen LogP contribution in [0.5, 0.6) is 0 Å². The van der Waals surface area contributed by atoms with Crippen LogP contribution in [0.4, 0.5) is 13.2 Å². The summed E-state index contributed by atoms with van der Waals surface area (Å²) in [7, 11) is 0. The lowest BCUT2D eigenvalue weighted by atomic mass is 9.54. The summed E-state index contributed by atoms with van der Waals surface area (Å²) in [5.74, 6) is 1.38. The fourth-order valence-electron chi connectivity index (χ4n) is 6.93. The Morgan fingerprint density at radius 3 is 2.15 bits per heavy atom. The molecule has 6 rings (SSSR count). The highest BCUT2D eigenvalue weighted by Gasteiger charge is 2.53. The highest BCUT2D eigenvalue weighted by Crippen LogP contribution is 2.57. The number of esters is 1. The molecule has 5 aliphatic rings. The lowest BCUT2D eigenvalue weighted by Crippen LogP contribution is -2.53. The Morgan fingerprint density at radius 1 is 0.970 bits per heavy atom. The Hall–Kier alpha value is -2.09. The molecule has 4 aliphatic carbocycles. The summed E-state index contributed by atoms with van der Waals surface area (Å²) in [6.45, 7) is 2.45. The average molecular weight is 465 g/mol. The molecule has 1 aromatic carbocycles. The van der Waals surface area contributed by atoms with Crippen molar-refractivity contribution < 1.29 is 27.5 Å². The Morgan fingerprint density at radius 2 is 1.58 bits per heavy atom. The molecule has 1 aliphatic heterocycles. The summed E-state index contributed by atoms with van der Waals surface area (Å²) in [6, 6.07) is 5.36. The van der Waals surface area contributed by atoms with E-state index in [-0.39, 0.29) is 17.9 Å². The van der Waals surface area contributed by atoms with Gasteiger partial charge in [0.15, 0.2) is 0 Å². The van der Waals surface area contributed by atoms with E-state index in [4.69, 9.17) is 4.74 Å². The number of carbonyl (C=O) groups is 2. The average Bonchev–Trinajstić information content (AvgIpc) is 2.72.